The highest BCUT2D eigenvalue weighted by molar-refractivity contribution is 5.94. The smallest absolute Gasteiger partial charge is 0.159 e. The molecule has 0 amide bonds. The molecule has 104 valence electrons. The number of hydrogen-bond donors (Lipinski definition) is 0. The number of carbonyl (C=O) groups is 1. The average Bonchev–Trinajstić information content (AvgIpc) is 2.90. The Hall–Kier alpha value is -1.35. The minimum absolute atomic E-state index is 0.133. The Labute approximate surface area is 116 Å². The molecule has 3 heteroatoms. The van der Waals surface area contributed by atoms with Gasteiger partial charge in [-0.1, -0.05) is 13.8 Å². The number of ketones is 1. The van der Waals surface area contributed by atoms with Crippen molar-refractivity contribution in [3.63, 3.8) is 0 Å². The van der Waals surface area contributed by atoms with Crippen molar-refractivity contribution >= 4 is 11.5 Å². The first-order chi connectivity index (χ1) is 9.15. The number of Topliss-reactive ketones (excluding diaryl/α,β-unsaturated/α-hetero) is 1. The minimum atomic E-state index is 0.133. The number of rotatable bonds is 5. The van der Waals surface area contributed by atoms with E-state index in [-0.39, 0.29) is 5.78 Å². The number of anilines is 1. The van der Waals surface area contributed by atoms with Crippen molar-refractivity contribution in [3.05, 3.63) is 29.8 Å². The van der Waals surface area contributed by atoms with E-state index in [1.165, 1.54) is 12.1 Å². The van der Waals surface area contributed by atoms with Crippen molar-refractivity contribution in [2.45, 2.75) is 33.2 Å². The fourth-order valence-electron chi connectivity index (χ4n) is 2.92. The van der Waals surface area contributed by atoms with Gasteiger partial charge in [-0.25, -0.2) is 0 Å². The van der Waals surface area contributed by atoms with Gasteiger partial charge in [-0.2, -0.15) is 0 Å². The molecule has 0 aromatic heterocycles. The Morgan fingerprint density at radius 2 is 1.89 bits per heavy atom. The summed E-state index contributed by atoms with van der Waals surface area (Å²) in [5.74, 6) is 0.133. The average molecular weight is 260 g/mol. The number of hydrogen-bond acceptors (Lipinski definition) is 3. The molecule has 1 fully saturated rings. The molecular formula is C16H24N2O. The van der Waals surface area contributed by atoms with Gasteiger partial charge in [-0.3, -0.25) is 9.69 Å². The topological polar surface area (TPSA) is 23.6 Å². The molecule has 0 spiro atoms. The quantitative estimate of drug-likeness (QED) is 0.761. The van der Waals surface area contributed by atoms with Gasteiger partial charge in [0.2, 0.25) is 0 Å². The van der Waals surface area contributed by atoms with Crippen LogP contribution < -0.4 is 4.90 Å². The molecule has 1 aliphatic heterocycles. The van der Waals surface area contributed by atoms with Crippen LogP contribution in [0.2, 0.25) is 0 Å². The highest BCUT2D eigenvalue weighted by Gasteiger charge is 2.26. The molecule has 0 saturated carbocycles. The van der Waals surface area contributed by atoms with Crippen LogP contribution in [0.4, 0.5) is 5.69 Å². The third-order valence-corrected chi connectivity index (χ3v) is 4.13. The first-order valence-corrected chi connectivity index (χ1v) is 7.25. The van der Waals surface area contributed by atoms with E-state index in [4.69, 9.17) is 0 Å². The third kappa shape index (κ3) is 3.16. The summed E-state index contributed by atoms with van der Waals surface area (Å²) in [7, 11) is 0. The lowest BCUT2D eigenvalue weighted by Gasteiger charge is -2.26. The Morgan fingerprint density at radius 3 is 2.42 bits per heavy atom. The highest BCUT2D eigenvalue weighted by atomic mass is 16.1. The van der Waals surface area contributed by atoms with Gasteiger partial charge in [0.25, 0.3) is 0 Å². The second-order valence-corrected chi connectivity index (χ2v) is 5.21. The van der Waals surface area contributed by atoms with Crippen LogP contribution in [-0.4, -0.2) is 42.9 Å². The van der Waals surface area contributed by atoms with Crippen molar-refractivity contribution in [2.24, 2.45) is 0 Å². The molecule has 1 saturated heterocycles. The predicted octanol–water partition coefficient (Wildman–Crippen LogP) is 2.81. The lowest BCUT2D eigenvalue weighted by Crippen LogP contribution is -2.37. The number of nitrogens with zero attached hydrogens (tertiary/aromatic N) is 2. The monoisotopic (exact) mass is 260 g/mol. The van der Waals surface area contributed by atoms with Gasteiger partial charge in [-0.05, 0) is 50.7 Å². The molecule has 1 aromatic carbocycles. The molecule has 3 nitrogen and oxygen atoms in total. The van der Waals surface area contributed by atoms with Crippen LogP contribution in [0.25, 0.3) is 0 Å². The molecule has 19 heavy (non-hydrogen) atoms. The van der Waals surface area contributed by atoms with E-state index in [1.54, 1.807) is 6.92 Å². The lowest BCUT2D eigenvalue weighted by molar-refractivity contribution is 0.101. The maximum atomic E-state index is 11.3. The van der Waals surface area contributed by atoms with Crippen molar-refractivity contribution in [3.8, 4) is 0 Å². The van der Waals surface area contributed by atoms with Crippen molar-refractivity contribution in [2.75, 3.05) is 31.1 Å². The summed E-state index contributed by atoms with van der Waals surface area (Å²) in [6.45, 7) is 10.5. The van der Waals surface area contributed by atoms with E-state index in [0.29, 0.717) is 6.04 Å². The van der Waals surface area contributed by atoms with Crippen LogP contribution in [0.15, 0.2) is 24.3 Å². The lowest BCUT2D eigenvalue weighted by atomic mass is 10.1. The zero-order valence-electron chi connectivity index (χ0n) is 12.2. The van der Waals surface area contributed by atoms with Gasteiger partial charge in [0.15, 0.2) is 5.78 Å². The summed E-state index contributed by atoms with van der Waals surface area (Å²) in [6, 6.07) is 8.68. The van der Waals surface area contributed by atoms with Crippen LogP contribution in [0.5, 0.6) is 0 Å². The standard InChI is InChI=1S/C16H24N2O/c1-4-17(5-2)16-10-11-18(12-16)15-8-6-14(7-9-15)13(3)19/h6-9,16H,4-5,10-12H2,1-3H3. The molecule has 1 aromatic rings. The second kappa shape index (κ2) is 6.20. The SMILES string of the molecule is CCN(CC)C1CCN(c2ccc(C(C)=O)cc2)C1. The molecular weight excluding hydrogens is 236 g/mol. The zero-order chi connectivity index (χ0) is 13.8. The summed E-state index contributed by atoms with van der Waals surface area (Å²) in [5, 5.41) is 0. The Morgan fingerprint density at radius 1 is 1.26 bits per heavy atom. The molecule has 1 atom stereocenters. The van der Waals surface area contributed by atoms with E-state index < -0.39 is 0 Å². The van der Waals surface area contributed by atoms with E-state index in [0.717, 1.165) is 31.7 Å². The summed E-state index contributed by atoms with van der Waals surface area (Å²) in [5.41, 5.74) is 2.03. The molecule has 1 unspecified atom stereocenters. The minimum Gasteiger partial charge on any atom is -0.370 e. The first kappa shape index (κ1) is 14.1. The van der Waals surface area contributed by atoms with Gasteiger partial charge >= 0.3 is 0 Å². The summed E-state index contributed by atoms with van der Waals surface area (Å²) in [4.78, 5) is 16.2. The molecule has 1 aliphatic rings. The molecule has 0 bridgehead atoms. The van der Waals surface area contributed by atoms with Crippen LogP contribution in [-0.2, 0) is 0 Å². The van der Waals surface area contributed by atoms with E-state index in [2.05, 4.69) is 35.8 Å². The Kier molecular flexibility index (Phi) is 4.59. The summed E-state index contributed by atoms with van der Waals surface area (Å²) < 4.78 is 0. The normalized spacial score (nSPS) is 19.2. The maximum Gasteiger partial charge on any atom is 0.159 e. The van der Waals surface area contributed by atoms with E-state index in [9.17, 15) is 4.79 Å². The second-order valence-electron chi connectivity index (χ2n) is 5.21. The first-order valence-electron chi connectivity index (χ1n) is 7.25. The van der Waals surface area contributed by atoms with Gasteiger partial charge in [-0.15, -0.1) is 0 Å². The number of carbonyl (C=O) groups excluding carboxylic acids is 1. The summed E-state index contributed by atoms with van der Waals surface area (Å²) in [6.07, 6.45) is 1.23. The fourth-order valence-corrected chi connectivity index (χ4v) is 2.92. The van der Waals surface area contributed by atoms with E-state index >= 15 is 0 Å². The third-order valence-electron chi connectivity index (χ3n) is 4.13. The fraction of sp³-hybridized carbons (Fsp3) is 0.562. The molecule has 0 N–H and O–H groups in total. The van der Waals surface area contributed by atoms with E-state index in [1.807, 2.05) is 12.1 Å². The predicted molar refractivity (Wildman–Crippen MR) is 80.0 cm³/mol. The molecule has 2 rings (SSSR count). The van der Waals surface area contributed by atoms with Gasteiger partial charge in [0.05, 0.1) is 0 Å². The van der Waals surface area contributed by atoms with Crippen molar-refractivity contribution < 1.29 is 4.79 Å². The van der Waals surface area contributed by atoms with Crippen molar-refractivity contribution in [1.82, 2.24) is 4.90 Å². The van der Waals surface area contributed by atoms with Gasteiger partial charge in [0.1, 0.15) is 0 Å². The molecule has 0 aliphatic carbocycles. The van der Waals surface area contributed by atoms with Crippen molar-refractivity contribution in [1.29, 1.82) is 0 Å². The van der Waals surface area contributed by atoms with Crippen LogP contribution in [0.3, 0.4) is 0 Å². The Balaban J connectivity index is 2.02. The molecule has 1 heterocycles. The highest BCUT2D eigenvalue weighted by Crippen LogP contribution is 2.23. The van der Waals surface area contributed by atoms with Crippen LogP contribution >= 0.6 is 0 Å². The number of benzene rings is 1. The Bertz CT molecular complexity index is 423. The van der Waals surface area contributed by atoms with Gasteiger partial charge < -0.3 is 4.90 Å². The maximum absolute atomic E-state index is 11.3. The number of likely N-dealkylation sites (N-methyl/N-ethyl adjacent to an activating group) is 1. The largest absolute Gasteiger partial charge is 0.370 e. The van der Waals surface area contributed by atoms with Crippen LogP contribution in [0, 0.1) is 0 Å². The zero-order valence-corrected chi connectivity index (χ0v) is 12.2. The molecule has 0 radical (unpaired) electrons. The summed E-state index contributed by atoms with van der Waals surface area (Å²) >= 11 is 0. The van der Waals surface area contributed by atoms with Crippen LogP contribution in [0.1, 0.15) is 37.6 Å². The van der Waals surface area contributed by atoms with Gasteiger partial charge in [0, 0.05) is 30.4 Å².